The summed E-state index contributed by atoms with van der Waals surface area (Å²) in [6.45, 7) is 2.71. The van der Waals surface area contributed by atoms with Gasteiger partial charge in [-0.15, -0.1) is 0 Å². The third-order valence-electron chi connectivity index (χ3n) is 3.35. The monoisotopic (exact) mass is 288 g/mol. The Bertz CT molecular complexity index is 747. The fraction of sp³-hybridized carbons (Fsp3) is 0.188. The fourth-order valence-corrected chi connectivity index (χ4v) is 2.40. The number of hydrogen-bond acceptors (Lipinski definition) is 2. The number of aryl methyl sites for hydroxylation is 1. The highest BCUT2D eigenvalue weighted by atomic mass is 35.5. The van der Waals surface area contributed by atoms with Crippen LogP contribution in [0.2, 0.25) is 5.02 Å². The van der Waals surface area contributed by atoms with Crippen LogP contribution in [0.15, 0.2) is 46.9 Å². The average Bonchev–Trinajstić information content (AvgIpc) is 2.76. The van der Waals surface area contributed by atoms with Crippen molar-refractivity contribution in [2.75, 3.05) is 7.11 Å². The molecule has 3 rings (SSSR count). The molecular formula is C16H15ClNO2+. The van der Waals surface area contributed by atoms with Gasteiger partial charge >= 0.3 is 5.89 Å². The van der Waals surface area contributed by atoms with Gasteiger partial charge in [-0.2, -0.15) is 4.57 Å². The Kier molecular flexibility index (Phi) is 3.36. The number of ether oxygens (including phenoxy) is 1. The van der Waals surface area contributed by atoms with Gasteiger partial charge in [-0.05, 0) is 18.2 Å². The highest BCUT2D eigenvalue weighted by Crippen LogP contribution is 2.20. The summed E-state index contributed by atoms with van der Waals surface area (Å²) in [5, 5.41) is 0.747. The second kappa shape index (κ2) is 5.17. The molecule has 0 aliphatic heterocycles. The Labute approximate surface area is 122 Å². The predicted molar refractivity (Wildman–Crippen MR) is 78.3 cm³/mol. The van der Waals surface area contributed by atoms with Gasteiger partial charge < -0.3 is 9.15 Å². The van der Waals surface area contributed by atoms with E-state index in [4.69, 9.17) is 20.8 Å². The zero-order chi connectivity index (χ0) is 14.1. The van der Waals surface area contributed by atoms with Gasteiger partial charge in [-0.3, -0.25) is 0 Å². The Balaban J connectivity index is 2.02. The summed E-state index contributed by atoms with van der Waals surface area (Å²) >= 11 is 5.91. The van der Waals surface area contributed by atoms with Crippen molar-refractivity contribution in [3.05, 3.63) is 58.9 Å². The lowest BCUT2D eigenvalue weighted by Crippen LogP contribution is -2.35. The van der Waals surface area contributed by atoms with Crippen LogP contribution in [0, 0.1) is 6.92 Å². The molecule has 102 valence electrons. The highest BCUT2D eigenvalue weighted by molar-refractivity contribution is 6.30. The van der Waals surface area contributed by atoms with Crippen LogP contribution in [0.1, 0.15) is 11.5 Å². The summed E-state index contributed by atoms with van der Waals surface area (Å²) in [4.78, 5) is 0. The summed E-state index contributed by atoms with van der Waals surface area (Å²) < 4.78 is 13.2. The minimum absolute atomic E-state index is 0.747. The fourth-order valence-electron chi connectivity index (χ4n) is 2.28. The van der Waals surface area contributed by atoms with Crippen LogP contribution < -0.4 is 9.30 Å². The number of methoxy groups -OCH3 is 1. The van der Waals surface area contributed by atoms with E-state index in [0.717, 1.165) is 34.3 Å². The minimum atomic E-state index is 0.747. The first kappa shape index (κ1) is 13.0. The first-order valence-electron chi connectivity index (χ1n) is 6.39. The van der Waals surface area contributed by atoms with Gasteiger partial charge in [0.15, 0.2) is 6.54 Å². The summed E-state index contributed by atoms with van der Waals surface area (Å²) in [6.07, 6.45) is 0. The molecule has 0 unspecified atom stereocenters. The number of oxazole rings is 1. The van der Waals surface area contributed by atoms with Crippen LogP contribution in [0.4, 0.5) is 0 Å². The quantitative estimate of drug-likeness (QED) is 0.686. The first-order valence-corrected chi connectivity index (χ1v) is 6.76. The van der Waals surface area contributed by atoms with Crippen LogP contribution in [-0.4, -0.2) is 7.11 Å². The van der Waals surface area contributed by atoms with E-state index in [1.807, 2.05) is 49.4 Å². The van der Waals surface area contributed by atoms with Crippen LogP contribution in [0.25, 0.3) is 11.1 Å². The molecule has 0 saturated carbocycles. The number of halogens is 1. The maximum atomic E-state index is 5.91. The van der Waals surface area contributed by atoms with Crippen molar-refractivity contribution in [2.24, 2.45) is 0 Å². The van der Waals surface area contributed by atoms with E-state index < -0.39 is 0 Å². The molecule has 0 aliphatic rings. The van der Waals surface area contributed by atoms with E-state index in [0.29, 0.717) is 0 Å². The molecular weight excluding hydrogens is 274 g/mol. The van der Waals surface area contributed by atoms with Crippen molar-refractivity contribution in [1.29, 1.82) is 0 Å². The standard InChI is InChI=1S/C16H15ClNO2/c1-11-18(10-12-3-5-13(17)6-4-12)15-8-7-14(19-2)9-16(15)20-11/h3-9H,10H2,1-2H3/q+1. The number of hydrogen-bond donors (Lipinski definition) is 0. The van der Waals surface area contributed by atoms with Crippen molar-refractivity contribution in [3.8, 4) is 5.75 Å². The lowest BCUT2D eigenvalue weighted by atomic mass is 10.2. The molecule has 0 bridgehead atoms. The van der Waals surface area contributed by atoms with Gasteiger partial charge in [-0.25, -0.2) is 0 Å². The largest absolute Gasteiger partial charge is 0.497 e. The third kappa shape index (κ3) is 2.37. The van der Waals surface area contributed by atoms with Crippen molar-refractivity contribution < 1.29 is 13.7 Å². The molecule has 1 aromatic heterocycles. The lowest BCUT2D eigenvalue weighted by molar-refractivity contribution is -0.674. The Morgan fingerprint density at radius 1 is 1.15 bits per heavy atom. The molecule has 0 atom stereocenters. The van der Waals surface area contributed by atoms with Crippen molar-refractivity contribution >= 4 is 22.7 Å². The molecule has 0 saturated heterocycles. The van der Waals surface area contributed by atoms with Gasteiger partial charge in [0.25, 0.3) is 5.52 Å². The van der Waals surface area contributed by atoms with Crippen molar-refractivity contribution in [3.63, 3.8) is 0 Å². The number of benzene rings is 2. The molecule has 3 nitrogen and oxygen atoms in total. The number of aromatic nitrogens is 1. The maximum Gasteiger partial charge on any atom is 0.345 e. The van der Waals surface area contributed by atoms with E-state index in [2.05, 4.69) is 4.57 Å². The average molecular weight is 289 g/mol. The Hall–Kier alpha value is -2.00. The third-order valence-corrected chi connectivity index (χ3v) is 3.60. The molecule has 0 aliphatic carbocycles. The zero-order valence-electron chi connectivity index (χ0n) is 11.4. The maximum absolute atomic E-state index is 5.91. The van der Waals surface area contributed by atoms with Gasteiger partial charge in [0.2, 0.25) is 5.58 Å². The normalized spacial score (nSPS) is 10.9. The molecule has 0 fully saturated rings. The topological polar surface area (TPSA) is 26.2 Å². The number of nitrogens with zero attached hydrogens (tertiary/aromatic N) is 1. The van der Waals surface area contributed by atoms with Gasteiger partial charge in [0, 0.05) is 22.7 Å². The van der Waals surface area contributed by atoms with Crippen LogP contribution in [0.3, 0.4) is 0 Å². The molecule has 0 radical (unpaired) electrons. The smallest absolute Gasteiger partial charge is 0.345 e. The van der Waals surface area contributed by atoms with Gasteiger partial charge in [0.1, 0.15) is 5.75 Å². The van der Waals surface area contributed by atoms with E-state index in [9.17, 15) is 0 Å². The number of fused-ring (bicyclic) bond motifs is 1. The lowest BCUT2D eigenvalue weighted by Gasteiger charge is -1.98. The summed E-state index contributed by atoms with van der Waals surface area (Å²) in [6, 6.07) is 13.7. The molecule has 4 heteroatoms. The molecule has 20 heavy (non-hydrogen) atoms. The second-order valence-corrected chi connectivity index (χ2v) is 5.10. The molecule has 1 heterocycles. The summed E-state index contributed by atoms with van der Waals surface area (Å²) in [7, 11) is 1.65. The van der Waals surface area contributed by atoms with Crippen LogP contribution in [0.5, 0.6) is 5.75 Å². The molecule has 0 amide bonds. The Morgan fingerprint density at radius 3 is 2.60 bits per heavy atom. The van der Waals surface area contributed by atoms with E-state index in [1.54, 1.807) is 7.11 Å². The SMILES string of the molecule is COc1ccc2c(c1)oc(C)[n+]2Cc1ccc(Cl)cc1. The van der Waals surface area contributed by atoms with Gasteiger partial charge in [0.05, 0.1) is 14.0 Å². The minimum Gasteiger partial charge on any atom is -0.497 e. The van der Waals surface area contributed by atoms with Gasteiger partial charge in [-0.1, -0.05) is 23.7 Å². The van der Waals surface area contributed by atoms with E-state index in [-0.39, 0.29) is 0 Å². The summed E-state index contributed by atoms with van der Waals surface area (Å²) in [5.74, 6) is 1.66. The van der Waals surface area contributed by atoms with Crippen LogP contribution >= 0.6 is 11.6 Å². The second-order valence-electron chi connectivity index (χ2n) is 4.67. The number of rotatable bonds is 3. The summed E-state index contributed by atoms with van der Waals surface area (Å²) in [5.41, 5.74) is 3.06. The molecule has 0 spiro atoms. The van der Waals surface area contributed by atoms with Crippen LogP contribution in [-0.2, 0) is 6.54 Å². The zero-order valence-corrected chi connectivity index (χ0v) is 12.1. The van der Waals surface area contributed by atoms with E-state index in [1.165, 1.54) is 5.56 Å². The van der Waals surface area contributed by atoms with Crippen molar-refractivity contribution in [2.45, 2.75) is 13.5 Å². The predicted octanol–water partition coefficient (Wildman–Crippen LogP) is 3.74. The van der Waals surface area contributed by atoms with Crippen molar-refractivity contribution in [1.82, 2.24) is 0 Å². The highest BCUT2D eigenvalue weighted by Gasteiger charge is 2.19. The molecule has 2 aromatic carbocycles. The first-order chi connectivity index (χ1) is 9.67. The molecule has 0 N–H and O–H groups in total. The van der Waals surface area contributed by atoms with E-state index >= 15 is 0 Å². The Morgan fingerprint density at radius 2 is 1.90 bits per heavy atom. The molecule has 3 aromatic rings.